The fourth-order valence-corrected chi connectivity index (χ4v) is 4.93. The Morgan fingerprint density at radius 3 is 2.67 bits per heavy atom. The van der Waals surface area contributed by atoms with E-state index < -0.39 is 5.92 Å². The van der Waals surface area contributed by atoms with Crippen LogP contribution in [0, 0.1) is 6.92 Å². The Labute approximate surface area is 190 Å². The average Bonchev–Trinajstić information content (AvgIpc) is 3.45. The molecule has 0 bridgehead atoms. The average molecular weight is 450 g/mol. The standard InChI is InChI=1S/C25H25F2N5O/c1-15-2-3-18(23-30-24(33-31-23)19-12-25(26,27)13-19)10-20(15)21-14-32-9-6-17(11-22(32)29-21)16-4-7-28-8-5-16/h2-3,6,9-11,14,16,19,28H,4-5,7-8,12-13H2,1H3. The van der Waals surface area contributed by atoms with Crippen LogP contribution in [0.2, 0.25) is 0 Å². The molecule has 0 spiro atoms. The van der Waals surface area contributed by atoms with E-state index in [4.69, 9.17) is 9.51 Å². The molecule has 4 aromatic rings. The van der Waals surface area contributed by atoms with E-state index in [-0.39, 0.29) is 24.7 Å². The summed E-state index contributed by atoms with van der Waals surface area (Å²) < 4.78 is 33.8. The predicted molar refractivity (Wildman–Crippen MR) is 120 cm³/mol. The molecule has 2 aliphatic rings. The van der Waals surface area contributed by atoms with Gasteiger partial charge in [0.1, 0.15) is 5.65 Å². The quantitative estimate of drug-likeness (QED) is 0.456. The number of nitrogens with zero attached hydrogens (tertiary/aromatic N) is 4. The van der Waals surface area contributed by atoms with Gasteiger partial charge < -0.3 is 14.2 Å². The second kappa shape index (κ2) is 7.73. The van der Waals surface area contributed by atoms with Crippen LogP contribution < -0.4 is 5.32 Å². The molecule has 2 fully saturated rings. The Morgan fingerprint density at radius 2 is 1.88 bits per heavy atom. The molecular weight excluding hydrogens is 424 g/mol. The fraction of sp³-hybridized carbons (Fsp3) is 0.400. The number of imidazole rings is 1. The van der Waals surface area contributed by atoms with Crippen LogP contribution in [-0.2, 0) is 0 Å². The lowest BCUT2D eigenvalue weighted by molar-refractivity contribution is -0.0925. The van der Waals surface area contributed by atoms with Crippen LogP contribution in [0.4, 0.5) is 8.78 Å². The van der Waals surface area contributed by atoms with Crippen molar-refractivity contribution in [1.29, 1.82) is 0 Å². The Bertz CT molecular complexity index is 1310. The summed E-state index contributed by atoms with van der Waals surface area (Å²) in [4.78, 5) is 9.30. The number of nitrogens with one attached hydrogen (secondary N) is 1. The minimum atomic E-state index is -2.62. The number of benzene rings is 1. The van der Waals surface area contributed by atoms with Crippen molar-refractivity contribution >= 4 is 5.65 Å². The number of hydrogen-bond donors (Lipinski definition) is 1. The van der Waals surface area contributed by atoms with Crippen molar-refractivity contribution in [2.75, 3.05) is 13.1 Å². The number of fused-ring (bicyclic) bond motifs is 1. The molecule has 1 N–H and O–H groups in total. The first-order chi connectivity index (χ1) is 15.9. The lowest BCUT2D eigenvalue weighted by atomic mass is 9.81. The molecule has 1 saturated heterocycles. The zero-order chi connectivity index (χ0) is 22.6. The van der Waals surface area contributed by atoms with Crippen molar-refractivity contribution in [2.24, 2.45) is 0 Å². The molecule has 1 aliphatic heterocycles. The van der Waals surface area contributed by atoms with Gasteiger partial charge in [0.2, 0.25) is 17.6 Å². The van der Waals surface area contributed by atoms with Gasteiger partial charge in [-0.2, -0.15) is 4.98 Å². The van der Waals surface area contributed by atoms with Gasteiger partial charge in [0.25, 0.3) is 0 Å². The zero-order valence-corrected chi connectivity index (χ0v) is 18.4. The number of rotatable bonds is 4. The fourth-order valence-electron chi connectivity index (χ4n) is 4.93. The number of aryl methyl sites for hydroxylation is 1. The summed E-state index contributed by atoms with van der Waals surface area (Å²) in [6, 6.07) is 10.3. The maximum atomic E-state index is 13.2. The number of hydrogen-bond acceptors (Lipinski definition) is 5. The summed E-state index contributed by atoms with van der Waals surface area (Å²) in [6.07, 6.45) is 5.96. The van der Waals surface area contributed by atoms with Crippen molar-refractivity contribution in [3.05, 3.63) is 59.7 Å². The molecule has 0 unspecified atom stereocenters. The first-order valence-corrected chi connectivity index (χ1v) is 11.5. The maximum Gasteiger partial charge on any atom is 0.249 e. The van der Waals surface area contributed by atoms with Gasteiger partial charge in [-0.1, -0.05) is 17.3 Å². The van der Waals surface area contributed by atoms with Gasteiger partial charge >= 0.3 is 0 Å². The third-order valence-electron chi connectivity index (χ3n) is 6.95. The number of halogens is 2. The minimum absolute atomic E-state index is 0.228. The third-order valence-corrected chi connectivity index (χ3v) is 6.95. The van der Waals surface area contributed by atoms with Gasteiger partial charge in [0, 0.05) is 42.3 Å². The zero-order valence-electron chi connectivity index (χ0n) is 18.4. The molecule has 6 nitrogen and oxygen atoms in total. The summed E-state index contributed by atoms with van der Waals surface area (Å²) in [5.74, 6) is -1.70. The highest BCUT2D eigenvalue weighted by atomic mass is 19.3. The van der Waals surface area contributed by atoms with Crippen molar-refractivity contribution in [2.45, 2.75) is 50.4 Å². The SMILES string of the molecule is Cc1ccc(-c2noc(C3CC(F)(F)C3)n2)cc1-c1cn2ccc(C3CCNCC3)cc2n1. The Morgan fingerprint density at radius 1 is 1.06 bits per heavy atom. The summed E-state index contributed by atoms with van der Waals surface area (Å²) >= 11 is 0. The second-order valence-corrected chi connectivity index (χ2v) is 9.32. The highest BCUT2D eigenvalue weighted by molar-refractivity contribution is 5.72. The number of pyridine rings is 1. The lowest BCUT2D eigenvalue weighted by Gasteiger charge is -2.31. The predicted octanol–water partition coefficient (Wildman–Crippen LogP) is 5.34. The summed E-state index contributed by atoms with van der Waals surface area (Å²) in [7, 11) is 0. The van der Waals surface area contributed by atoms with Crippen molar-refractivity contribution < 1.29 is 13.3 Å². The molecule has 1 saturated carbocycles. The molecule has 4 heterocycles. The van der Waals surface area contributed by atoms with E-state index in [1.165, 1.54) is 5.56 Å². The van der Waals surface area contributed by atoms with Gasteiger partial charge in [0.15, 0.2) is 0 Å². The van der Waals surface area contributed by atoms with Crippen LogP contribution in [-0.4, -0.2) is 38.5 Å². The van der Waals surface area contributed by atoms with Gasteiger partial charge in [-0.3, -0.25) is 0 Å². The van der Waals surface area contributed by atoms with Crippen LogP contribution in [0.1, 0.15) is 54.5 Å². The molecule has 33 heavy (non-hydrogen) atoms. The van der Waals surface area contributed by atoms with Crippen LogP contribution in [0.15, 0.2) is 47.2 Å². The Kier molecular flexibility index (Phi) is 4.79. The van der Waals surface area contributed by atoms with Crippen LogP contribution in [0.25, 0.3) is 28.3 Å². The van der Waals surface area contributed by atoms with Crippen LogP contribution >= 0.6 is 0 Å². The minimum Gasteiger partial charge on any atom is -0.339 e. The van der Waals surface area contributed by atoms with E-state index in [9.17, 15) is 8.78 Å². The van der Waals surface area contributed by atoms with Gasteiger partial charge in [-0.25, -0.2) is 13.8 Å². The molecular formula is C25H25F2N5O. The molecule has 170 valence electrons. The largest absolute Gasteiger partial charge is 0.339 e. The third kappa shape index (κ3) is 3.82. The molecule has 8 heteroatoms. The number of aromatic nitrogens is 4. The smallest absolute Gasteiger partial charge is 0.249 e. The first-order valence-electron chi connectivity index (χ1n) is 11.5. The Balaban J connectivity index is 1.30. The van der Waals surface area contributed by atoms with Crippen LogP contribution in [0.5, 0.6) is 0 Å². The number of piperidine rings is 1. The van der Waals surface area contributed by atoms with Gasteiger partial charge in [-0.15, -0.1) is 0 Å². The second-order valence-electron chi connectivity index (χ2n) is 9.32. The van der Waals surface area contributed by atoms with Crippen molar-refractivity contribution in [1.82, 2.24) is 24.8 Å². The molecule has 1 aliphatic carbocycles. The number of alkyl halides is 2. The highest BCUT2D eigenvalue weighted by Crippen LogP contribution is 2.48. The van der Waals surface area contributed by atoms with E-state index in [0.717, 1.165) is 54.0 Å². The van der Waals surface area contributed by atoms with E-state index in [1.807, 2.05) is 31.3 Å². The Hall–Kier alpha value is -3.13. The molecule has 6 rings (SSSR count). The summed E-state index contributed by atoms with van der Waals surface area (Å²) in [5.41, 5.74) is 6.00. The first kappa shape index (κ1) is 20.5. The monoisotopic (exact) mass is 449 g/mol. The normalized spacial score (nSPS) is 19.1. The topological polar surface area (TPSA) is 68.2 Å². The van der Waals surface area contributed by atoms with E-state index >= 15 is 0 Å². The van der Waals surface area contributed by atoms with Crippen LogP contribution in [0.3, 0.4) is 0 Å². The lowest BCUT2D eigenvalue weighted by Crippen LogP contribution is -2.33. The molecule has 0 radical (unpaired) electrons. The summed E-state index contributed by atoms with van der Waals surface area (Å²) in [6.45, 7) is 4.16. The van der Waals surface area contributed by atoms with E-state index in [0.29, 0.717) is 11.7 Å². The molecule has 0 amide bonds. The van der Waals surface area contributed by atoms with Gasteiger partial charge in [0.05, 0.1) is 5.69 Å². The summed E-state index contributed by atoms with van der Waals surface area (Å²) in [5, 5.41) is 7.46. The molecule has 0 atom stereocenters. The van der Waals surface area contributed by atoms with Gasteiger partial charge in [-0.05, 0) is 68.1 Å². The molecule has 3 aromatic heterocycles. The van der Waals surface area contributed by atoms with Crippen molar-refractivity contribution in [3.63, 3.8) is 0 Å². The van der Waals surface area contributed by atoms with E-state index in [2.05, 4.69) is 38.2 Å². The van der Waals surface area contributed by atoms with Crippen molar-refractivity contribution in [3.8, 4) is 22.6 Å². The van der Waals surface area contributed by atoms with E-state index in [1.54, 1.807) is 0 Å². The maximum absolute atomic E-state index is 13.2. The molecule has 1 aromatic carbocycles. The highest BCUT2D eigenvalue weighted by Gasteiger charge is 2.48.